The molecule has 0 radical (unpaired) electrons. The van der Waals surface area contributed by atoms with Crippen LogP contribution in [-0.4, -0.2) is 32.7 Å². The van der Waals surface area contributed by atoms with E-state index in [9.17, 15) is 0 Å². The van der Waals surface area contributed by atoms with Crippen molar-refractivity contribution in [3.63, 3.8) is 0 Å². The number of hydrogen-bond donors (Lipinski definition) is 0. The van der Waals surface area contributed by atoms with Gasteiger partial charge in [0.1, 0.15) is 0 Å². The zero-order chi connectivity index (χ0) is 9.94. The molecule has 0 aliphatic rings. The zero-order valence-electron chi connectivity index (χ0n) is 9.04. The van der Waals surface area contributed by atoms with Gasteiger partial charge in [0.15, 0.2) is 6.29 Å². The van der Waals surface area contributed by atoms with E-state index in [4.69, 9.17) is 14.2 Å². The van der Waals surface area contributed by atoms with E-state index < -0.39 is 0 Å². The highest BCUT2D eigenvalue weighted by molar-refractivity contribution is 4.35. The molecule has 13 heavy (non-hydrogen) atoms. The lowest BCUT2D eigenvalue weighted by Gasteiger charge is -2.12. The maximum Gasteiger partial charge on any atom is 0.154 e. The number of unbranched alkanes of at least 4 members (excludes halogenated alkanes) is 1. The highest BCUT2D eigenvalue weighted by Gasteiger charge is 1.98. The highest BCUT2D eigenvalue weighted by atomic mass is 16.7. The molecule has 1 atom stereocenters. The summed E-state index contributed by atoms with van der Waals surface area (Å²) in [5.74, 6) is 0. The molecule has 0 N–H and O–H groups in total. The molecule has 0 saturated heterocycles. The van der Waals surface area contributed by atoms with Gasteiger partial charge in [-0.3, -0.25) is 0 Å². The Balaban J connectivity index is 2.97. The van der Waals surface area contributed by atoms with Crippen molar-refractivity contribution in [3.8, 4) is 0 Å². The monoisotopic (exact) mass is 190 g/mol. The molecule has 0 rings (SSSR count). The summed E-state index contributed by atoms with van der Waals surface area (Å²) >= 11 is 0. The third kappa shape index (κ3) is 9.80. The van der Waals surface area contributed by atoms with Crippen LogP contribution in [0.15, 0.2) is 0 Å². The first-order chi connectivity index (χ1) is 6.31. The van der Waals surface area contributed by atoms with Gasteiger partial charge in [0, 0.05) is 13.2 Å². The molecule has 0 aromatic carbocycles. The van der Waals surface area contributed by atoms with Crippen molar-refractivity contribution in [3.05, 3.63) is 0 Å². The average Bonchev–Trinajstić information content (AvgIpc) is 2.11. The Kier molecular flexibility index (Phi) is 9.87. The zero-order valence-corrected chi connectivity index (χ0v) is 9.04. The summed E-state index contributed by atoms with van der Waals surface area (Å²) in [5.41, 5.74) is 0. The molecular formula is C10H22O3. The Morgan fingerprint density at radius 3 is 2.38 bits per heavy atom. The van der Waals surface area contributed by atoms with Crippen molar-refractivity contribution in [1.82, 2.24) is 0 Å². The van der Waals surface area contributed by atoms with Crippen molar-refractivity contribution in [2.24, 2.45) is 0 Å². The van der Waals surface area contributed by atoms with E-state index >= 15 is 0 Å². The summed E-state index contributed by atoms with van der Waals surface area (Å²) in [6.45, 7) is 8.81. The highest BCUT2D eigenvalue weighted by Crippen LogP contribution is 1.93. The van der Waals surface area contributed by atoms with Crippen molar-refractivity contribution < 1.29 is 14.2 Å². The topological polar surface area (TPSA) is 27.7 Å². The lowest BCUT2D eigenvalue weighted by molar-refractivity contribution is -0.136. The van der Waals surface area contributed by atoms with Crippen LogP contribution >= 0.6 is 0 Å². The molecule has 0 fully saturated rings. The average molecular weight is 190 g/mol. The molecule has 0 saturated carbocycles. The molecule has 1 unspecified atom stereocenters. The van der Waals surface area contributed by atoms with E-state index in [1.165, 1.54) is 6.42 Å². The van der Waals surface area contributed by atoms with Gasteiger partial charge >= 0.3 is 0 Å². The first kappa shape index (κ1) is 12.9. The third-order valence-corrected chi connectivity index (χ3v) is 1.62. The van der Waals surface area contributed by atoms with E-state index in [2.05, 4.69) is 6.92 Å². The minimum atomic E-state index is -0.111. The van der Waals surface area contributed by atoms with Crippen molar-refractivity contribution >= 4 is 0 Å². The lowest BCUT2D eigenvalue weighted by atomic mass is 10.4. The molecule has 0 aliphatic carbocycles. The smallest absolute Gasteiger partial charge is 0.154 e. The van der Waals surface area contributed by atoms with E-state index in [0.29, 0.717) is 19.8 Å². The predicted molar refractivity (Wildman–Crippen MR) is 52.8 cm³/mol. The number of rotatable bonds is 9. The Morgan fingerprint density at radius 2 is 1.77 bits per heavy atom. The second-order valence-electron chi connectivity index (χ2n) is 2.86. The molecule has 0 spiro atoms. The van der Waals surface area contributed by atoms with Crippen LogP contribution in [0, 0.1) is 0 Å². The largest absolute Gasteiger partial charge is 0.379 e. The van der Waals surface area contributed by atoms with E-state index in [0.717, 1.165) is 13.0 Å². The molecule has 3 nitrogen and oxygen atoms in total. The fourth-order valence-corrected chi connectivity index (χ4v) is 0.904. The van der Waals surface area contributed by atoms with Crippen LogP contribution < -0.4 is 0 Å². The van der Waals surface area contributed by atoms with E-state index in [-0.39, 0.29) is 6.29 Å². The normalized spacial score (nSPS) is 13.2. The fraction of sp³-hybridized carbons (Fsp3) is 1.00. The van der Waals surface area contributed by atoms with Gasteiger partial charge in [-0.15, -0.1) is 0 Å². The van der Waals surface area contributed by atoms with Gasteiger partial charge in [-0.05, 0) is 20.3 Å². The van der Waals surface area contributed by atoms with Crippen LogP contribution in [0.3, 0.4) is 0 Å². The summed E-state index contributed by atoms with van der Waals surface area (Å²) < 4.78 is 15.8. The van der Waals surface area contributed by atoms with Crippen molar-refractivity contribution in [2.45, 2.75) is 39.9 Å². The van der Waals surface area contributed by atoms with Gasteiger partial charge in [-0.25, -0.2) is 0 Å². The summed E-state index contributed by atoms with van der Waals surface area (Å²) in [6, 6.07) is 0. The summed E-state index contributed by atoms with van der Waals surface area (Å²) in [5, 5.41) is 0. The van der Waals surface area contributed by atoms with Gasteiger partial charge in [0.2, 0.25) is 0 Å². The van der Waals surface area contributed by atoms with Crippen LogP contribution in [0.4, 0.5) is 0 Å². The summed E-state index contributed by atoms with van der Waals surface area (Å²) in [7, 11) is 0. The first-order valence-electron chi connectivity index (χ1n) is 5.12. The van der Waals surface area contributed by atoms with Gasteiger partial charge < -0.3 is 14.2 Å². The van der Waals surface area contributed by atoms with Crippen LogP contribution in [0.25, 0.3) is 0 Å². The second kappa shape index (κ2) is 9.96. The third-order valence-electron chi connectivity index (χ3n) is 1.62. The molecule has 3 heteroatoms. The molecular weight excluding hydrogens is 168 g/mol. The minimum absolute atomic E-state index is 0.111. The number of ether oxygens (including phenoxy) is 3. The van der Waals surface area contributed by atoms with Crippen LogP contribution in [-0.2, 0) is 14.2 Å². The van der Waals surface area contributed by atoms with Crippen LogP contribution in [0.2, 0.25) is 0 Å². The SMILES string of the molecule is CCCCOCCOC(C)OCC. The molecule has 0 heterocycles. The minimum Gasteiger partial charge on any atom is -0.379 e. The Morgan fingerprint density at radius 1 is 1.00 bits per heavy atom. The Hall–Kier alpha value is -0.120. The van der Waals surface area contributed by atoms with Crippen molar-refractivity contribution in [2.75, 3.05) is 26.4 Å². The molecule has 0 aliphatic heterocycles. The molecule has 0 amide bonds. The first-order valence-corrected chi connectivity index (χ1v) is 5.12. The molecule has 80 valence electrons. The number of hydrogen-bond acceptors (Lipinski definition) is 3. The molecule has 0 aromatic rings. The fourth-order valence-electron chi connectivity index (χ4n) is 0.904. The molecule has 0 aromatic heterocycles. The van der Waals surface area contributed by atoms with Crippen LogP contribution in [0.1, 0.15) is 33.6 Å². The van der Waals surface area contributed by atoms with Gasteiger partial charge in [0.05, 0.1) is 13.2 Å². The lowest BCUT2D eigenvalue weighted by Crippen LogP contribution is -2.16. The Bertz CT molecular complexity index is 96.2. The second-order valence-corrected chi connectivity index (χ2v) is 2.86. The predicted octanol–water partition coefficient (Wildman–Crippen LogP) is 2.20. The molecule has 0 bridgehead atoms. The maximum atomic E-state index is 5.32. The van der Waals surface area contributed by atoms with Gasteiger partial charge in [-0.2, -0.15) is 0 Å². The Labute approximate surface area is 81.4 Å². The van der Waals surface area contributed by atoms with Gasteiger partial charge in [0.25, 0.3) is 0 Å². The van der Waals surface area contributed by atoms with Gasteiger partial charge in [-0.1, -0.05) is 13.3 Å². The van der Waals surface area contributed by atoms with E-state index in [1.54, 1.807) is 0 Å². The quantitative estimate of drug-likeness (QED) is 0.412. The van der Waals surface area contributed by atoms with Crippen molar-refractivity contribution in [1.29, 1.82) is 0 Å². The van der Waals surface area contributed by atoms with Crippen LogP contribution in [0.5, 0.6) is 0 Å². The maximum absolute atomic E-state index is 5.32. The van der Waals surface area contributed by atoms with E-state index in [1.807, 2.05) is 13.8 Å². The standard InChI is InChI=1S/C10H22O3/c1-4-6-7-11-8-9-13-10(3)12-5-2/h10H,4-9H2,1-3H3. The summed E-state index contributed by atoms with van der Waals surface area (Å²) in [6.07, 6.45) is 2.19. The summed E-state index contributed by atoms with van der Waals surface area (Å²) in [4.78, 5) is 0.